The standard InChI is InChI=1S/C15H16N4O7/c1-15(2)25-11-10(24-13(17-18-16)12(11)26-15)7-23-14(20)8-3-5-9(6-4-8)19(21)22/h3-6,10-13H,7H2,1-2H3. The second kappa shape index (κ2) is 6.89. The third-order valence-corrected chi connectivity index (χ3v) is 3.98. The quantitative estimate of drug-likeness (QED) is 0.194. The largest absolute Gasteiger partial charge is 0.459 e. The third kappa shape index (κ3) is 3.60. The van der Waals surface area contributed by atoms with Crippen LogP contribution in [0.15, 0.2) is 29.4 Å². The van der Waals surface area contributed by atoms with Gasteiger partial charge in [-0.3, -0.25) is 10.1 Å². The number of ether oxygens (including phenoxy) is 4. The van der Waals surface area contributed by atoms with E-state index in [-0.39, 0.29) is 17.9 Å². The second-order valence-corrected chi connectivity index (χ2v) is 6.24. The van der Waals surface area contributed by atoms with Crippen molar-refractivity contribution in [3.63, 3.8) is 0 Å². The van der Waals surface area contributed by atoms with Gasteiger partial charge in [0.2, 0.25) is 0 Å². The minimum absolute atomic E-state index is 0.125. The lowest BCUT2D eigenvalue weighted by Gasteiger charge is -2.22. The van der Waals surface area contributed by atoms with Gasteiger partial charge in [-0.05, 0) is 31.5 Å². The predicted octanol–water partition coefficient (Wildman–Crippen LogP) is 2.31. The number of rotatable bonds is 5. The van der Waals surface area contributed by atoms with E-state index in [1.54, 1.807) is 13.8 Å². The number of carbonyl (C=O) groups excluding carboxylic acids is 1. The maximum absolute atomic E-state index is 12.1. The molecule has 2 aliphatic heterocycles. The van der Waals surface area contributed by atoms with E-state index in [0.717, 1.165) is 0 Å². The molecular formula is C15H16N4O7. The summed E-state index contributed by atoms with van der Waals surface area (Å²) >= 11 is 0. The first kappa shape index (κ1) is 18.1. The van der Waals surface area contributed by atoms with Crippen molar-refractivity contribution < 1.29 is 28.7 Å². The normalized spacial score (nSPS) is 28.8. The van der Waals surface area contributed by atoms with Crippen LogP contribution in [0.3, 0.4) is 0 Å². The Bertz CT molecular complexity index is 760. The summed E-state index contributed by atoms with van der Waals surface area (Å²) in [5.74, 6) is -1.53. The van der Waals surface area contributed by atoms with Crippen molar-refractivity contribution in [3.8, 4) is 0 Å². The van der Waals surface area contributed by atoms with E-state index in [1.807, 2.05) is 0 Å². The van der Waals surface area contributed by atoms with Crippen molar-refractivity contribution in [2.24, 2.45) is 5.11 Å². The Morgan fingerprint density at radius 2 is 2.00 bits per heavy atom. The molecule has 0 aliphatic carbocycles. The lowest BCUT2D eigenvalue weighted by Crippen LogP contribution is -2.33. The van der Waals surface area contributed by atoms with Crippen LogP contribution in [-0.2, 0) is 18.9 Å². The first-order valence-electron chi connectivity index (χ1n) is 7.77. The van der Waals surface area contributed by atoms with Gasteiger partial charge in [-0.2, -0.15) is 0 Å². The van der Waals surface area contributed by atoms with Crippen molar-refractivity contribution in [3.05, 3.63) is 50.4 Å². The number of carbonyl (C=O) groups is 1. The summed E-state index contributed by atoms with van der Waals surface area (Å²) in [6.45, 7) is 3.30. The molecule has 2 aliphatic rings. The molecule has 0 N–H and O–H groups in total. The molecule has 11 nitrogen and oxygen atoms in total. The van der Waals surface area contributed by atoms with Crippen LogP contribution >= 0.6 is 0 Å². The molecule has 138 valence electrons. The van der Waals surface area contributed by atoms with Gasteiger partial charge in [0.05, 0.1) is 10.5 Å². The SMILES string of the molecule is CC1(C)OC2C(COC(=O)c3ccc([N+](=O)[O-])cc3)OC(N=[N+]=[N-])C2O1. The van der Waals surface area contributed by atoms with Crippen molar-refractivity contribution in [1.29, 1.82) is 0 Å². The molecule has 0 radical (unpaired) electrons. The Hall–Kier alpha value is -2.72. The smallest absolute Gasteiger partial charge is 0.338 e. The van der Waals surface area contributed by atoms with Crippen molar-refractivity contribution in [2.75, 3.05) is 6.61 Å². The topological polar surface area (TPSA) is 146 Å². The van der Waals surface area contributed by atoms with Crippen LogP contribution in [0.5, 0.6) is 0 Å². The number of non-ortho nitro benzene ring substituents is 1. The highest BCUT2D eigenvalue weighted by Gasteiger charge is 2.55. The highest BCUT2D eigenvalue weighted by atomic mass is 16.8. The van der Waals surface area contributed by atoms with E-state index in [2.05, 4.69) is 10.0 Å². The van der Waals surface area contributed by atoms with E-state index < -0.39 is 41.2 Å². The average molecular weight is 364 g/mol. The zero-order valence-electron chi connectivity index (χ0n) is 14.0. The molecule has 2 fully saturated rings. The van der Waals surface area contributed by atoms with E-state index in [9.17, 15) is 14.9 Å². The molecule has 4 atom stereocenters. The van der Waals surface area contributed by atoms with Crippen LogP contribution in [0.4, 0.5) is 5.69 Å². The van der Waals surface area contributed by atoms with Gasteiger partial charge in [-0.15, -0.1) is 0 Å². The number of azide groups is 1. The lowest BCUT2D eigenvalue weighted by molar-refractivity contribution is -0.384. The molecule has 0 aromatic heterocycles. The maximum atomic E-state index is 12.1. The van der Waals surface area contributed by atoms with Gasteiger partial charge in [0, 0.05) is 17.0 Å². The van der Waals surface area contributed by atoms with Crippen LogP contribution in [-0.4, -0.2) is 47.8 Å². The predicted molar refractivity (Wildman–Crippen MR) is 85.0 cm³/mol. The molecule has 0 saturated carbocycles. The number of nitro groups is 1. The molecule has 0 spiro atoms. The van der Waals surface area contributed by atoms with E-state index >= 15 is 0 Å². The van der Waals surface area contributed by atoms with Crippen LogP contribution < -0.4 is 0 Å². The van der Waals surface area contributed by atoms with Gasteiger partial charge in [0.15, 0.2) is 12.0 Å². The van der Waals surface area contributed by atoms with Gasteiger partial charge in [0.25, 0.3) is 5.69 Å². The Labute approximate surface area is 147 Å². The molecule has 1 aromatic carbocycles. The van der Waals surface area contributed by atoms with Gasteiger partial charge in [0.1, 0.15) is 24.9 Å². The number of nitro benzene ring substituents is 1. The van der Waals surface area contributed by atoms with E-state index in [0.29, 0.717) is 0 Å². The first-order chi connectivity index (χ1) is 12.3. The molecule has 2 heterocycles. The number of hydrogen-bond donors (Lipinski definition) is 0. The fraction of sp³-hybridized carbons (Fsp3) is 0.533. The van der Waals surface area contributed by atoms with Crippen molar-refractivity contribution in [1.82, 2.24) is 0 Å². The van der Waals surface area contributed by atoms with Crippen LogP contribution in [0.1, 0.15) is 24.2 Å². The highest BCUT2D eigenvalue weighted by Crippen LogP contribution is 2.39. The maximum Gasteiger partial charge on any atom is 0.338 e. The summed E-state index contributed by atoms with van der Waals surface area (Å²) in [6.07, 6.45) is -2.69. The lowest BCUT2D eigenvalue weighted by atomic mass is 10.1. The number of benzene rings is 1. The fourth-order valence-electron chi connectivity index (χ4n) is 2.90. The van der Waals surface area contributed by atoms with Crippen LogP contribution in [0, 0.1) is 10.1 Å². The highest BCUT2D eigenvalue weighted by molar-refractivity contribution is 5.89. The van der Waals surface area contributed by atoms with Crippen molar-refractivity contribution in [2.45, 2.75) is 44.2 Å². The number of hydrogen-bond acceptors (Lipinski definition) is 8. The molecule has 1 aromatic rings. The summed E-state index contributed by atoms with van der Waals surface area (Å²) in [6, 6.07) is 5.04. The average Bonchev–Trinajstić information content (AvgIpc) is 3.07. The number of nitrogens with zero attached hydrogens (tertiary/aromatic N) is 4. The number of esters is 1. The Morgan fingerprint density at radius 3 is 2.62 bits per heavy atom. The molecular weight excluding hydrogens is 348 g/mol. The molecule has 11 heteroatoms. The van der Waals surface area contributed by atoms with Gasteiger partial charge in [-0.1, -0.05) is 5.11 Å². The second-order valence-electron chi connectivity index (χ2n) is 6.24. The van der Waals surface area contributed by atoms with Crippen LogP contribution in [0.25, 0.3) is 10.4 Å². The fourth-order valence-corrected chi connectivity index (χ4v) is 2.90. The Kier molecular flexibility index (Phi) is 4.79. The number of fused-ring (bicyclic) bond motifs is 1. The Balaban J connectivity index is 1.64. The minimum Gasteiger partial charge on any atom is -0.459 e. The minimum atomic E-state index is -0.880. The monoisotopic (exact) mass is 364 g/mol. The zero-order valence-corrected chi connectivity index (χ0v) is 14.0. The van der Waals surface area contributed by atoms with Gasteiger partial charge < -0.3 is 18.9 Å². The summed E-state index contributed by atoms with van der Waals surface area (Å²) in [4.78, 5) is 24.9. The summed E-state index contributed by atoms with van der Waals surface area (Å²) < 4.78 is 22.2. The zero-order chi connectivity index (χ0) is 18.9. The van der Waals surface area contributed by atoms with Crippen molar-refractivity contribution >= 4 is 11.7 Å². The van der Waals surface area contributed by atoms with Crippen LogP contribution in [0.2, 0.25) is 0 Å². The summed E-state index contributed by atoms with van der Waals surface area (Å²) in [7, 11) is 0. The first-order valence-corrected chi connectivity index (χ1v) is 7.77. The van der Waals surface area contributed by atoms with E-state index in [4.69, 9.17) is 24.5 Å². The Morgan fingerprint density at radius 1 is 1.35 bits per heavy atom. The molecule has 3 rings (SSSR count). The summed E-state index contributed by atoms with van der Waals surface area (Å²) in [5, 5.41) is 14.2. The summed E-state index contributed by atoms with van der Waals surface area (Å²) in [5.41, 5.74) is 8.68. The molecule has 0 amide bonds. The third-order valence-electron chi connectivity index (χ3n) is 3.98. The molecule has 0 bridgehead atoms. The van der Waals surface area contributed by atoms with Gasteiger partial charge in [-0.25, -0.2) is 4.79 Å². The van der Waals surface area contributed by atoms with Gasteiger partial charge >= 0.3 is 5.97 Å². The molecule has 26 heavy (non-hydrogen) atoms. The van der Waals surface area contributed by atoms with E-state index in [1.165, 1.54) is 24.3 Å². The molecule has 4 unspecified atom stereocenters. The molecule has 2 saturated heterocycles.